The number of rotatable bonds is 3. The fourth-order valence-electron chi connectivity index (χ4n) is 1.33. The quantitative estimate of drug-likeness (QED) is 0.648. The Balaban J connectivity index is 2.69. The van der Waals surface area contributed by atoms with Gasteiger partial charge in [0.05, 0.1) is 0 Å². The normalized spacial score (nSPS) is 13.3. The molecule has 0 amide bonds. The number of hydrogen-bond donors (Lipinski definition) is 0. The Kier molecular flexibility index (Phi) is 3.50. The second-order valence-electron chi connectivity index (χ2n) is 4.81. The van der Waals surface area contributed by atoms with Crippen molar-refractivity contribution in [2.24, 2.45) is 0 Å². The van der Waals surface area contributed by atoms with Crippen molar-refractivity contribution < 1.29 is 0 Å². The van der Waals surface area contributed by atoms with E-state index in [0.29, 0.717) is 0 Å². The van der Waals surface area contributed by atoms with Crippen molar-refractivity contribution >= 4 is 7.26 Å². The van der Waals surface area contributed by atoms with Gasteiger partial charge in [0, 0.05) is 0 Å². The van der Waals surface area contributed by atoms with Gasteiger partial charge in [0.2, 0.25) is 0 Å². The fraction of sp³-hybridized carbons (Fsp3) is 0.500. The average Bonchev–Trinajstić information content (AvgIpc) is 2.05. The zero-order valence-electron chi connectivity index (χ0n) is 9.17. The van der Waals surface area contributed by atoms with E-state index in [4.69, 9.17) is 0 Å². The first-order chi connectivity index (χ1) is 6.02. The molecule has 0 fully saturated rings. The van der Waals surface area contributed by atoms with Crippen molar-refractivity contribution in [3.05, 3.63) is 35.9 Å². The van der Waals surface area contributed by atoms with Crippen LogP contribution in [0.15, 0.2) is 30.3 Å². The van der Waals surface area contributed by atoms with Crippen molar-refractivity contribution in [3.8, 4) is 0 Å². The molecule has 1 aromatic carbocycles. The standard InChI is InChI=1S/C12H21P/c1-11(2)13(3,4)10-12-8-6-5-7-9-12/h5-9,11,13H,10H2,1-4H3. The van der Waals surface area contributed by atoms with Gasteiger partial charge in [-0.3, -0.25) is 0 Å². The molecule has 0 N–H and O–H groups in total. The van der Waals surface area contributed by atoms with E-state index in [9.17, 15) is 0 Å². The summed E-state index contributed by atoms with van der Waals surface area (Å²) in [4.78, 5) is 0. The van der Waals surface area contributed by atoms with Gasteiger partial charge in [0.25, 0.3) is 0 Å². The molecule has 0 bridgehead atoms. The first kappa shape index (κ1) is 10.7. The Morgan fingerprint density at radius 1 is 1.08 bits per heavy atom. The summed E-state index contributed by atoms with van der Waals surface area (Å²) in [6.07, 6.45) is 1.31. The van der Waals surface area contributed by atoms with Crippen molar-refractivity contribution in [3.63, 3.8) is 0 Å². The average molecular weight is 196 g/mol. The van der Waals surface area contributed by atoms with Crippen LogP contribution in [0.4, 0.5) is 0 Å². The molecule has 0 atom stereocenters. The second-order valence-corrected chi connectivity index (χ2v) is 10.3. The summed E-state index contributed by atoms with van der Waals surface area (Å²) in [5.41, 5.74) is 2.38. The molecule has 0 radical (unpaired) electrons. The molecule has 0 aliphatic heterocycles. The van der Waals surface area contributed by atoms with E-state index in [0.717, 1.165) is 5.66 Å². The molecule has 0 aliphatic carbocycles. The third-order valence-corrected chi connectivity index (χ3v) is 7.51. The van der Waals surface area contributed by atoms with Gasteiger partial charge < -0.3 is 0 Å². The molecule has 1 heteroatoms. The van der Waals surface area contributed by atoms with Crippen molar-refractivity contribution in [2.75, 3.05) is 13.3 Å². The molecule has 0 saturated heterocycles. The number of hydrogen-bond acceptors (Lipinski definition) is 0. The second kappa shape index (κ2) is 4.24. The van der Waals surface area contributed by atoms with Gasteiger partial charge in [-0.2, -0.15) is 0 Å². The SMILES string of the molecule is CC(C)[PH](C)(C)Cc1ccccc1. The monoisotopic (exact) mass is 196 g/mol. The van der Waals surface area contributed by atoms with Gasteiger partial charge in [-0.25, -0.2) is 0 Å². The zero-order valence-corrected chi connectivity index (χ0v) is 10.2. The first-order valence-corrected chi connectivity index (χ1v) is 8.35. The molecule has 1 rings (SSSR count). The maximum absolute atomic E-state index is 2.48. The van der Waals surface area contributed by atoms with Gasteiger partial charge >= 0.3 is 82.2 Å². The van der Waals surface area contributed by atoms with Crippen LogP contribution in [0, 0.1) is 0 Å². The predicted octanol–water partition coefficient (Wildman–Crippen LogP) is 3.60. The molecule has 0 unspecified atom stereocenters. The molecule has 13 heavy (non-hydrogen) atoms. The van der Waals surface area contributed by atoms with E-state index < -0.39 is 7.26 Å². The molecule has 0 heterocycles. The Labute approximate surface area is 82.7 Å². The Bertz CT molecular complexity index is 249. The van der Waals surface area contributed by atoms with E-state index >= 15 is 0 Å². The van der Waals surface area contributed by atoms with Crippen LogP contribution in [-0.4, -0.2) is 19.0 Å². The molecular weight excluding hydrogens is 175 g/mol. The van der Waals surface area contributed by atoms with Crippen LogP contribution in [0.3, 0.4) is 0 Å². The third-order valence-electron chi connectivity index (χ3n) is 3.07. The molecule has 74 valence electrons. The van der Waals surface area contributed by atoms with Gasteiger partial charge in [-0.05, 0) is 0 Å². The summed E-state index contributed by atoms with van der Waals surface area (Å²) >= 11 is 0. The van der Waals surface area contributed by atoms with Crippen molar-refractivity contribution in [1.82, 2.24) is 0 Å². The molecule has 1 aromatic rings. The van der Waals surface area contributed by atoms with Gasteiger partial charge in [0.1, 0.15) is 0 Å². The predicted molar refractivity (Wildman–Crippen MR) is 65.4 cm³/mol. The Morgan fingerprint density at radius 3 is 2.08 bits per heavy atom. The summed E-state index contributed by atoms with van der Waals surface area (Å²) in [6.45, 7) is 9.67. The van der Waals surface area contributed by atoms with E-state index in [1.165, 1.54) is 11.7 Å². The van der Waals surface area contributed by atoms with Gasteiger partial charge in [-0.15, -0.1) is 0 Å². The van der Waals surface area contributed by atoms with Gasteiger partial charge in [0.15, 0.2) is 0 Å². The molecule has 0 spiro atoms. The van der Waals surface area contributed by atoms with Crippen LogP contribution in [0.1, 0.15) is 19.4 Å². The summed E-state index contributed by atoms with van der Waals surface area (Å²) < 4.78 is 0. The first-order valence-electron chi connectivity index (χ1n) is 5.06. The minimum atomic E-state index is -1.02. The van der Waals surface area contributed by atoms with Crippen LogP contribution in [-0.2, 0) is 6.16 Å². The third kappa shape index (κ3) is 3.12. The van der Waals surface area contributed by atoms with E-state index in [1.54, 1.807) is 0 Å². The Morgan fingerprint density at radius 2 is 1.62 bits per heavy atom. The molecule has 0 saturated carbocycles. The van der Waals surface area contributed by atoms with Crippen LogP contribution in [0.5, 0.6) is 0 Å². The minimum absolute atomic E-state index is 0.868. The topological polar surface area (TPSA) is 0 Å². The van der Waals surface area contributed by atoms with Crippen molar-refractivity contribution in [2.45, 2.75) is 25.7 Å². The molecular formula is C12H21P. The van der Waals surface area contributed by atoms with Crippen LogP contribution < -0.4 is 0 Å². The summed E-state index contributed by atoms with van der Waals surface area (Å²) in [5.74, 6) is 0. The van der Waals surface area contributed by atoms with E-state index in [-0.39, 0.29) is 0 Å². The maximum atomic E-state index is 2.48. The van der Waals surface area contributed by atoms with Gasteiger partial charge in [-0.1, -0.05) is 0 Å². The van der Waals surface area contributed by atoms with Crippen molar-refractivity contribution in [1.29, 1.82) is 0 Å². The summed E-state index contributed by atoms with van der Waals surface area (Å²) in [5, 5.41) is 0. The molecule has 0 aromatic heterocycles. The molecule has 0 nitrogen and oxygen atoms in total. The summed E-state index contributed by atoms with van der Waals surface area (Å²) in [6, 6.07) is 10.9. The number of benzene rings is 1. The van der Waals surface area contributed by atoms with Crippen LogP contribution in [0.2, 0.25) is 0 Å². The van der Waals surface area contributed by atoms with E-state index in [1.807, 2.05) is 0 Å². The van der Waals surface area contributed by atoms with E-state index in [2.05, 4.69) is 57.5 Å². The fourth-order valence-corrected chi connectivity index (χ4v) is 3.02. The Hall–Kier alpha value is -0.350. The van der Waals surface area contributed by atoms with Crippen LogP contribution >= 0.6 is 7.26 Å². The molecule has 0 aliphatic rings. The van der Waals surface area contributed by atoms with Crippen LogP contribution in [0.25, 0.3) is 0 Å². The zero-order chi connectivity index (χ0) is 9.90. The summed E-state index contributed by atoms with van der Waals surface area (Å²) in [7, 11) is -1.02.